The van der Waals surface area contributed by atoms with Gasteiger partial charge in [0.2, 0.25) is 0 Å². The van der Waals surface area contributed by atoms with E-state index in [-0.39, 0.29) is 17.3 Å². The van der Waals surface area contributed by atoms with E-state index in [9.17, 15) is 9.18 Å². The van der Waals surface area contributed by atoms with Crippen LogP contribution >= 0.6 is 0 Å². The summed E-state index contributed by atoms with van der Waals surface area (Å²) in [7, 11) is 0. The third-order valence-electron chi connectivity index (χ3n) is 3.45. The molecule has 0 rings (SSSR count). The average Bonchev–Trinajstić information content (AvgIpc) is 2.33. The Morgan fingerprint density at radius 3 is 2.28 bits per heavy atom. The smallest absolute Gasteiger partial charge is 0.162 e. The van der Waals surface area contributed by atoms with E-state index in [4.69, 9.17) is 0 Å². The SMILES string of the molecule is C=C(C(C)=O)/C(F)=C\C(=C)C(C)CCC(C)CC. The summed E-state index contributed by atoms with van der Waals surface area (Å²) in [6.45, 7) is 15.0. The number of allylic oxidation sites excluding steroid dienone is 4. The van der Waals surface area contributed by atoms with Crippen LogP contribution in [0.15, 0.2) is 36.2 Å². The molecule has 0 heterocycles. The fraction of sp³-hybridized carbons (Fsp3) is 0.562. The van der Waals surface area contributed by atoms with Crippen molar-refractivity contribution in [3.63, 3.8) is 0 Å². The molecule has 0 amide bonds. The number of ketones is 1. The zero-order chi connectivity index (χ0) is 14.3. The van der Waals surface area contributed by atoms with Gasteiger partial charge in [-0.15, -0.1) is 0 Å². The Morgan fingerprint density at radius 1 is 1.28 bits per heavy atom. The highest BCUT2D eigenvalue weighted by Gasteiger charge is 2.11. The van der Waals surface area contributed by atoms with Crippen LogP contribution in [0, 0.1) is 11.8 Å². The quantitative estimate of drug-likeness (QED) is 0.438. The van der Waals surface area contributed by atoms with E-state index in [0.29, 0.717) is 5.92 Å². The number of Topliss-reactive ketones (excluding diaryl/α,β-unsaturated/α-hetero) is 1. The molecule has 0 aromatic heterocycles. The van der Waals surface area contributed by atoms with E-state index in [1.807, 2.05) is 6.92 Å². The summed E-state index contributed by atoms with van der Waals surface area (Å²) >= 11 is 0. The Morgan fingerprint density at radius 2 is 1.83 bits per heavy atom. The molecule has 0 aliphatic rings. The van der Waals surface area contributed by atoms with Crippen molar-refractivity contribution in [1.29, 1.82) is 0 Å². The van der Waals surface area contributed by atoms with Gasteiger partial charge in [-0.1, -0.05) is 46.8 Å². The average molecular weight is 252 g/mol. The zero-order valence-electron chi connectivity index (χ0n) is 12.1. The summed E-state index contributed by atoms with van der Waals surface area (Å²) in [6, 6.07) is 0. The summed E-state index contributed by atoms with van der Waals surface area (Å²) in [6.07, 6.45) is 4.60. The van der Waals surface area contributed by atoms with Crippen LogP contribution in [0.4, 0.5) is 4.39 Å². The highest BCUT2D eigenvalue weighted by molar-refractivity contribution is 5.96. The van der Waals surface area contributed by atoms with E-state index < -0.39 is 5.83 Å². The van der Waals surface area contributed by atoms with Gasteiger partial charge in [-0.05, 0) is 36.8 Å². The first-order valence-electron chi connectivity index (χ1n) is 6.55. The molecule has 18 heavy (non-hydrogen) atoms. The van der Waals surface area contributed by atoms with Crippen LogP contribution in [0.1, 0.15) is 47.0 Å². The summed E-state index contributed by atoms with van der Waals surface area (Å²) in [5.74, 6) is -0.00234. The van der Waals surface area contributed by atoms with Crippen LogP contribution in [0.2, 0.25) is 0 Å². The van der Waals surface area contributed by atoms with Crippen molar-refractivity contribution < 1.29 is 9.18 Å². The number of carbonyl (C=O) groups is 1. The Balaban J connectivity index is 4.43. The third kappa shape index (κ3) is 5.95. The minimum atomic E-state index is -0.567. The molecule has 2 unspecified atom stereocenters. The van der Waals surface area contributed by atoms with Crippen molar-refractivity contribution >= 4 is 5.78 Å². The molecule has 0 saturated heterocycles. The second-order valence-corrected chi connectivity index (χ2v) is 5.09. The van der Waals surface area contributed by atoms with Crippen LogP contribution in [0.3, 0.4) is 0 Å². The molecular weight excluding hydrogens is 227 g/mol. The lowest BCUT2D eigenvalue weighted by Gasteiger charge is -2.15. The zero-order valence-corrected chi connectivity index (χ0v) is 12.1. The highest BCUT2D eigenvalue weighted by Crippen LogP contribution is 2.23. The summed E-state index contributed by atoms with van der Waals surface area (Å²) < 4.78 is 13.6. The van der Waals surface area contributed by atoms with Crippen LogP contribution in [-0.2, 0) is 4.79 Å². The Hall–Kier alpha value is -1.18. The van der Waals surface area contributed by atoms with Crippen LogP contribution < -0.4 is 0 Å². The number of rotatable bonds is 8. The number of hydrogen-bond acceptors (Lipinski definition) is 1. The molecule has 0 N–H and O–H groups in total. The largest absolute Gasteiger partial charge is 0.294 e. The number of halogens is 1. The molecule has 0 aliphatic heterocycles. The molecule has 0 aliphatic carbocycles. The second-order valence-electron chi connectivity index (χ2n) is 5.09. The van der Waals surface area contributed by atoms with Gasteiger partial charge in [0, 0.05) is 5.57 Å². The number of hydrogen-bond donors (Lipinski definition) is 0. The lowest BCUT2D eigenvalue weighted by atomic mass is 9.91. The van der Waals surface area contributed by atoms with Crippen LogP contribution in [-0.4, -0.2) is 5.78 Å². The molecule has 0 saturated carbocycles. The Labute approximate surface area is 110 Å². The molecule has 102 valence electrons. The standard InChI is InChI=1S/C16H25FO/c1-7-11(2)8-9-12(3)13(4)10-16(17)14(5)15(6)18/h10-12H,4-5,7-9H2,1-3,6H3/b16-10+. The van der Waals surface area contributed by atoms with E-state index in [2.05, 4.69) is 27.0 Å². The maximum Gasteiger partial charge on any atom is 0.162 e. The van der Waals surface area contributed by atoms with Crippen molar-refractivity contribution in [3.8, 4) is 0 Å². The Kier molecular flexibility index (Phi) is 7.49. The molecule has 2 atom stereocenters. The molecule has 0 aromatic carbocycles. The van der Waals surface area contributed by atoms with Crippen molar-refractivity contribution in [2.24, 2.45) is 11.8 Å². The fourth-order valence-electron chi connectivity index (χ4n) is 1.48. The minimum Gasteiger partial charge on any atom is -0.294 e. The monoisotopic (exact) mass is 252 g/mol. The van der Waals surface area contributed by atoms with Crippen molar-refractivity contribution in [2.75, 3.05) is 0 Å². The molecule has 2 heteroatoms. The van der Waals surface area contributed by atoms with E-state index in [1.165, 1.54) is 13.0 Å². The molecular formula is C16H25FO. The predicted octanol–water partition coefficient (Wildman–Crippen LogP) is 5.00. The van der Waals surface area contributed by atoms with Gasteiger partial charge in [0.1, 0.15) is 5.83 Å². The molecule has 0 fully saturated rings. The molecule has 0 bridgehead atoms. The van der Waals surface area contributed by atoms with Gasteiger partial charge >= 0.3 is 0 Å². The highest BCUT2D eigenvalue weighted by atomic mass is 19.1. The lowest BCUT2D eigenvalue weighted by molar-refractivity contribution is -0.113. The first-order chi connectivity index (χ1) is 8.29. The fourth-order valence-corrected chi connectivity index (χ4v) is 1.48. The van der Waals surface area contributed by atoms with Crippen molar-refractivity contribution in [1.82, 2.24) is 0 Å². The van der Waals surface area contributed by atoms with Gasteiger partial charge in [-0.2, -0.15) is 0 Å². The first-order valence-corrected chi connectivity index (χ1v) is 6.55. The van der Waals surface area contributed by atoms with E-state index in [1.54, 1.807) is 0 Å². The van der Waals surface area contributed by atoms with Gasteiger partial charge < -0.3 is 0 Å². The summed E-state index contributed by atoms with van der Waals surface area (Å²) in [4.78, 5) is 11.0. The maximum absolute atomic E-state index is 13.6. The van der Waals surface area contributed by atoms with Crippen molar-refractivity contribution in [2.45, 2.75) is 47.0 Å². The van der Waals surface area contributed by atoms with Gasteiger partial charge in [0.25, 0.3) is 0 Å². The van der Waals surface area contributed by atoms with Gasteiger partial charge in [0.05, 0.1) is 0 Å². The predicted molar refractivity (Wildman–Crippen MR) is 76.0 cm³/mol. The Bertz CT molecular complexity index is 352. The van der Waals surface area contributed by atoms with Crippen LogP contribution in [0.5, 0.6) is 0 Å². The van der Waals surface area contributed by atoms with Gasteiger partial charge in [-0.25, -0.2) is 4.39 Å². The van der Waals surface area contributed by atoms with Crippen LogP contribution in [0.25, 0.3) is 0 Å². The molecule has 0 radical (unpaired) electrons. The van der Waals surface area contributed by atoms with Gasteiger partial charge in [0.15, 0.2) is 5.78 Å². The summed E-state index contributed by atoms with van der Waals surface area (Å²) in [5, 5.41) is 0. The van der Waals surface area contributed by atoms with E-state index >= 15 is 0 Å². The van der Waals surface area contributed by atoms with E-state index in [0.717, 1.165) is 24.8 Å². The normalized spacial score (nSPS) is 15.1. The van der Waals surface area contributed by atoms with Gasteiger partial charge in [-0.3, -0.25) is 4.79 Å². The second kappa shape index (κ2) is 8.02. The third-order valence-corrected chi connectivity index (χ3v) is 3.45. The first kappa shape index (κ1) is 16.8. The molecule has 0 aromatic rings. The summed E-state index contributed by atoms with van der Waals surface area (Å²) in [5.41, 5.74) is 0.642. The molecule has 1 nitrogen and oxygen atoms in total. The lowest BCUT2D eigenvalue weighted by Crippen LogP contribution is -2.02. The topological polar surface area (TPSA) is 17.1 Å². The minimum absolute atomic E-state index is 0.0784. The maximum atomic E-state index is 13.6. The number of carbonyl (C=O) groups excluding carboxylic acids is 1. The van der Waals surface area contributed by atoms with Crippen molar-refractivity contribution in [3.05, 3.63) is 36.2 Å². The molecule has 0 spiro atoms.